The van der Waals surface area contributed by atoms with Crippen molar-refractivity contribution in [2.75, 3.05) is 0 Å². The third-order valence-corrected chi connectivity index (χ3v) is 35.4. The SMILES string of the molecule is CCCCc1ccc(C23c4c5c6[c-]7c4C4(c8ccc(CCCC)cc8)c8c2c2c9c3c3c%10c%11c(c%12c%13c%14c(c%15c%16c%17c(c4c4c8c8c2c2c%18c9c%10c9c%10c%11c%13c%11c%13c%14c%16c%14c%16c%17c4c4c8c2c2c(c%189)c(c%10%11)c(c%13%14)c2c4%16)C%157c2ccc(CCCC)cc2)C%126c2ccc(CCCC)cc2)C53c2ccc(CCCC)cc2)cc1. The van der Waals surface area contributed by atoms with Crippen molar-refractivity contribution in [1.82, 2.24) is 0 Å². The largest absolute Gasteiger partial charge is 0.170 e. The Bertz CT molecular complexity index is 7520. The van der Waals surface area contributed by atoms with Crippen molar-refractivity contribution in [2.24, 2.45) is 0 Å². The van der Waals surface area contributed by atoms with Gasteiger partial charge in [-0.05, 0) is 391 Å². The Balaban J connectivity index is 0.933. The van der Waals surface area contributed by atoms with Gasteiger partial charge in [-0.25, -0.2) is 0 Å². The van der Waals surface area contributed by atoms with E-state index in [1.54, 1.807) is 299 Å². The van der Waals surface area contributed by atoms with E-state index in [0.717, 1.165) is 32.1 Å². The highest BCUT2D eigenvalue weighted by Crippen LogP contribution is 2.91. The Morgan fingerprint density at radius 3 is 0.545 bits per heavy atom. The third kappa shape index (κ3) is 3.89. The average Bonchev–Trinajstić information content (AvgIpc) is 1.37. The lowest BCUT2D eigenvalue weighted by Crippen LogP contribution is -2.51. The first kappa shape index (κ1) is 52.9. The van der Waals surface area contributed by atoms with Gasteiger partial charge in [0.05, 0.1) is 0 Å². The normalized spacial score (nSPS) is 22.6. The lowest BCUT2D eigenvalue weighted by Gasteiger charge is -2.61. The monoisotopic (exact) mass is 1390 g/mol. The molecule has 0 spiro atoms. The first-order valence-electron chi connectivity index (χ1n) is 43.2. The Hall–Kier alpha value is -11.1. The van der Waals surface area contributed by atoms with Crippen LogP contribution in [0.5, 0.6) is 0 Å². The van der Waals surface area contributed by atoms with Crippen LogP contribution in [0.25, 0.3) is 215 Å². The summed E-state index contributed by atoms with van der Waals surface area (Å²) >= 11 is 0. The van der Waals surface area contributed by atoms with Gasteiger partial charge in [0.1, 0.15) is 0 Å². The van der Waals surface area contributed by atoms with Crippen LogP contribution in [0.15, 0.2) is 121 Å². The van der Waals surface area contributed by atoms with Gasteiger partial charge in [0.25, 0.3) is 0 Å². The molecule has 506 valence electrons. The van der Waals surface area contributed by atoms with Crippen molar-refractivity contribution in [1.29, 1.82) is 0 Å². The standard InChI is InChI=1S/C110H65/c1-6-11-16-41-21-31-46(32-22-41)106-91-81-71-61-56-51-52-54-55-53(51)58-65-63(56)73(71)83-85-75(65)77-67(58)69-60(55)70-68-59(54)66-64-57(52)62(61)72-74(64)84-86-76(66)78(68)88-90-80(70)79(69)89-87(77)97-95(85)107(93(83)91,47-33-23-42(24-34-47)17-12-7-2)102-101(106)103-105-104(102)109(97,49-37-27-44(28-38-49)19-14-9-4)99(89)100(90)110(105,50-39-29-45(30-40-50)20-15-10-5)98(88)96(86)108(103,94(84)92(106)82(72)81)48-35-25-43(26-36-48)18-13-8-3/h21-40H,6-20H2,1-5H3/q-1. The fourth-order valence-electron chi connectivity index (χ4n) is 33.1. The molecule has 0 bridgehead atoms. The first-order valence-corrected chi connectivity index (χ1v) is 43.2. The van der Waals surface area contributed by atoms with Crippen LogP contribution in [0.4, 0.5) is 0 Å². The lowest BCUT2D eigenvalue weighted by atomic mass is 9.45. The van der Waals surface area contributed by atoms with Gasteiger partial charge >= 0.3 is 0 Å². The second kappa shape index (κ2) is 14.9. The molecule has 0 heteroatoms. The van der Waals surface area contributed by atoms with Gasteiger partial charge in [-0.2, -0.15) is 11.1 Å². The molecule has 37 rings (SSSR count). The molecule has 0 fully saturated rings. The Morgan fingerprint density at radius 1 is 0.173 bits per heavy atom. The molecule has 110 heavy (non-hydrogen) atoms. The molecule has 10 aliphatic carbocycles. The van der Waals surface area contributed by atoms with Crippen LogP contribution in [-0.2, 0) is 59.2 Å². The number of benzene rings is 20. The summed E-state index contributed by atoms with van der Waals surface area (Å²) in [7, 11) is 0. The van der Waals surface area contributed by atoms with E-state index >= 15 is 0 Å². The minimum atomic E-state index is -0.688. The summed E-state index contributed by atoms with van der Waals surface area (Å²) in [4.78, 5) is 0. The molecule has 27 aromatic rings. The number of hydrogen-bond donors (Lipinski definition) is 0. The quantitative estimate of drug-likeness (QED) is 0.0527. The molecule has 0 saturated carbocycles. The summed E-state index contributed by atoms with van der Waals surface area (Å²) in [6, 6.07) is 54.7. The molecular formula is C110H65-. The second-order valence-corrected chi connectivity index (χ2v) is 38.4. The summed E-state index contributed by atoms with van der Waals surface area (Å²) in [6.45, 7) is 12.0. The van der Waals surface area contributed by atoms with E-state index < -0.39 is 27.1 Å². The van der Waals surface area contributed by atoms with Gasteiger partial charge in [0, 0.05) is 27.1 Å². The van der Waals surface area contributed by atoms with Crippen LogP contribution in [0.3, 0.4) is 0 Å². The van der Waals surface area contributed by atoms with Crippen LogP contribution in [0.2, 0.25) is 0 Å². The lowest BCUT2D eigenvalue weighted by molar-refractivity contribution is 0.571. The second-order valence-electron chi connectivity index (χ2n) is 38.4. The molecule has 0 aromatic heterocycles. The highest BCUT2D eigenvalue weighted by molar-refractivity contribution is 6.77. The summed E-state index contributed by atoms with van der Waals surface area (Å²) in [5, 5.41) is 65.8. The van der Waals surface area contributed by atoms with Gasteiger partial charge in [0.2, 0.25) is 0 Å². The first-order chi connectivity index (χ1) is 54.5. The number of aryl methyl sites for hydroxylation is 5. The highest BCUT2D eigenvalue weighted by atomic mass is 14.8. The molecular weight excluding hydrogens is 1320 g/mol. The Labute approximate surface area is 629 Å². The van der Waals surface area contributed by atoms with Crippen molar-refractivity contribution in [3.8, 4) is 0 Å². The van der Waals surface area contributed by atoms with Gasteiger partial charge in [-0.15, -0.1) is 16.7 Å². The summed E-state index contributed by atoms with van der Waals surface area (Å²) < 4.78 is 0. The maximum atomic E-state index is 2.80. The van der Waals surface area contributed by atoms with E-state index in [1.807, 2.05) is 0 Å². The molecule has 0 amide bonds. The molecule has 0 saturated heterocycles. The molecule has 0 nitrogen and oxygen atoms in total. The van der Waals surface area contributed by atoms with Crippen molar-refractivity contribution >= 4 is 215 Å². The molecule has 0 heterocycles. The van der Waals surface area contributed by atoms with Gasteiger partial charge in [-0.3, -0.25) is 0 Å². The van der Waals surface area contributed by atoms with Crippen LogP contribution in [0, 0.1) is 0 Å². The van der Waals surface area contributed by atoms with Gasteiger partial charge in [0.15, 0.2) is 0 Å². The molecule has 0 atom stereocenters. The third-order valence-electron chi connectivity index (χ3n) is 35.4. The zero-order chi connectivity index (χ0) is 69.8. The van der Waals surface area contributed by atoms with Crippen LogP contribution < -0.4 is 0 Å². The minimum absolute atomic E-state index is 0.688. The van der Waals surface area contributed by atoms with E-state index in [9.17, 15) is 0 Å². The Morgan fingerprint density at radius 2 is 0.336 bits per heavy atom. The number of rotatable bonds is 20. The molecule has 0 aliphatic heterocycles. The van der Waals surface area contributed by atoms with Crippen LogP contribution in [0.1, 0.15) is 238 Å². The van der Waals surface area contributed by atoms with E-state index in [4.69, 9.17) is 0 Å². The molecule has 0 N–H and O–H groups in total. The summed E-state index contributed by atoms with van der Waals surface area (Å²) in [6.07, 6.45) is 17.5. The molecule has 0 unspecified atom stereocenters. The molecule has 0 radical (unpaired) electrons. The Kier molecular flexibility index (Phi) is 7.15. The van der Waals surface area contributed by atoms with Crippen LogP contribution >= 0.6 is 0 Å². The summed E-state index contributed by atoms with van der Waals surface area (Å²) in [5.41, 5.74) is 37.1. The van der Waals surface area contributed by atoms with Crippen molar-refractivity contribution in [3.63, 3.8) is 0 Å². The van der Waals surface area contributed by atoms with E-state index in [1.165, 1.54) is 120 Å². The van der Waals surface area contributed by atoms with E-state index in [-0.39, 0.29) is 0 Å². The number of unbranched alkanes of at least 4 members (excludes halogenated alkanes) is 5. The average molecular weight is 1390 g/mol. The highest BCUT2D eigenvalue weighted by Gasteiger charge is 2.76. The molecule has 10 aliphatic rings. The minimum Gasteiger partial charge on any atom is -0.170 e. The van der Waals surface area contributed by atoms with Gasteiger partial charge in [-0.1, -0.05) is 188 Å². The smallest absolute Gasteiger partial charge is 0.0498 e. The zero-order valence-corrected chi connectivity index (χ0v) is 62.2. The number of hydrogen-bond acceptors (Lipinski definition) is 0. The topological polar surface area (TPSA) is 0 Å². The predicted octanol–water partition coefficient (Wildman–Crippen LogP) is 27.8. The van der Waals surface area contributed by atoms with Crippen molar-refractivity contribution in [2.45, 2.75) is 158 Å². The van der Waals surface area contributed by atoms with E-state index in [0.29, 0.717) is 0 Å². The van der Waals surface area contributed by atoms with E-state index in [2.05, 4.69) is 156 Å². The van der Waals surface area contributed by atoms with Crippen molar-refractivity contribution < 1.29 is 0 Å². The summed E-state index contributed by atoms with van der Waals surface area (Å²) in [5.74, 6) is 0. The van der Waals surface area contributed by atoms with Crippen LogP contribution in [-0.4, -0.2) is 0 Å². The molecule has 27 aromatic carbocycles. The van der Waals surface area contributed by atoms with Crippen molar-refractivity contribution in [3.05, 3.63) is 260 Å². The predicted molar refractivity (Wildman–Crippen MR) is 460 cm³/mol. The zero-order valence-electron chi connectivity index (χ0n) is 62.2. The van der Waals surface area contributed by atoms with Gasteiger partial charge < -0.3 is 0 Å². The maximum Gasteiger partial charge on any atom is 0.0498 e. The fourth-order valence-corrected chi connectivity index (χ4v) is 33.1. The maximum absolute atomic E-state index is 2.80. The fraction of sp³-hybridized carbons (Fsp3) is 0.227.